The lowest BCUT2D eigenvalue weighted by Gasteiger charge is -2.27. The summed E-state index contributed by atoms with van der Waals surface area (Å²) < 4.78 is 0. The number of benzene rings is 1. The average molecular weight is 525 g/mol. The van der Waals surface area contributed by atoms with Gasteiger partial charge in [-0.15, -0.1) is 35.3 Å². The zero-order chi connectivity index (χ0) is 19.3. The van der Waals surface area contributed by atoms with E-state index in [0.29, 0.717) is 12.0 Å². The lowest BCUT2D eigenvalue weighted by molar-refractivity contribution is -0.130. The molecule has 2 aromatic rings. The number of nitrogens with one attached hydrogen (secondary N) is 2. The SMILES string of the molecule is CN=C(NCC(=O)N1CCc2sccc2C1)NC1CCN(c2ccccc2)C1.I. The van der Waals surface area contributed by atoms with Crippen molar-refractivity contribution in [2.45, 2.75) is 25.4 Å². The van der Waals surface area contributed by atoms with Crippen molar-refractivity contribution >= 4 is 52.9 Å². The summed E-state index contributed by atoms with van der Waals surface area (Å²) in [5.41, 5.74) is 2.54. The van der Waals surface area contributed by atoms with Gasteiger partial charge in [0, 0.05) is 49.8 Å². The molecule has 1 aromatic heterocycles. The largest absolute Gasteiger partial charge is 0.369 e. The molecule has 0 bridgehead atoms. The molecule has 0 saturated carbocycles. The first-order chi connectivity index (χ1) is 13.7. The summed E-state index contributed by atoms with van der Waals surface area (Å²) in [5, 5.41) is 8.77. The van der Waals surface area contributed by atoms with Crippen LogP contribution in [0.1, 0.15) is 16.9 Å². The molecular formula is C21H28IN5OS. The molecule has 1 unspecified atom stereocenters. The van der Waals surface area contributed by atoms with Crippen molar-refractivity contribution in [1.82, 2.24) is 15.5 Å². The second-order valence-corrected chi connectivity index (χ2v) is 8.27. The van der Waals surface area contributed by atoms with Gasteiger partial charge in [0.05, 0.1) is 6.54 Å². The number of amides is 1. The van der Waals surface area contributed by atoms with Gasteiger partial charge in [0.15, 0.2) is 5.96 Å². The number of aliphatic imine (C=N–C) groups is 1. The van der Waals surface area contributed by atoms with E-state index in [1.807, 2.05) is 11.0 Å². The molecule has 1 amide bonds. The predicted octanol–water partition coefficient (Wildman–Crippen LogP) is 2.69. The first-order valence-electron chi connectivity index (χ1n) is 9.83. The quantitative estimate of drug-likeness (QED) is 0.366. The summed E-state index contributed by atoms with van der Waals surface area (Å²) in [4.78, 5) is 22.6. The lowest BCUT2D eigenvalue weighted by Crippen LogP contribution is -2.48. The Morgan fingerprint density at radius 3 is 2.86 bits per heavy atom. The van der Waals surface area contributed by atoms with Gasteiger partial charge < -0.3 is 20.4 Å². The number of thiophene rings is 1. The summed E-state index contributed by atoms with van der Waals surface area (Å²) in [7, 11) is 1.75. The summed E-state index contributed by atoms with van der Waals surface area (Å²) in [5.74, 6) is 0.818. The topological polar surface area (TPSA) is 60.0 Å². The molecule has 2 aliphatic heterocycles. The number of guanidine groups is 1. The summed E-state index contributed by atoms with van der Waals surface area (Å²) in [6.45, 7) is 3.75. The van der Waals surface area contributed by atoms with Crippen LogP contribution in [0.2, 0.25) is 0 Å². The molecule has 6 nitrogen and oxygen atoms in total. The third kappa shape index (κ3) is 5.42. The van der Waals surface area contributed by atoms with Gasteiger partial charge in [0.25, 0.3) is 0 Å². The van der Waals surface area contributed by atoms with Crippen LogP contribution in [0.3, 0.4) is 0 Å². The standard InChI is InChI=1S/C21H27N5OS.HI/c1-22-21(24-17-7-10-25(15-17)18-5-3-2-4-6-18)23-13-20(27)26-11-8-19-16(14-26)9-12-28-19;/h2-6,9,12,17H,7-8,10-11,13-15H2,1H3,(H2,22,23,24);1H. The number of hydrogen-bond acceptors (Lipinski definition) is 4. The third-order valence-electron chi connectivity index (χ3n) is 5.44. The second kappa shape index (κ2) is 10.3. The van der Waals surface area contributed by atoms with E-state index in [1.165, 1.54) is 16.1 Å². The number of nitrogens with zero attached hydrogens (tertiary/aromatic N) is 3. The van der Waals surface area contributed by atoms with Gasteiger partial charge in [-0.05, 0) is 42.0 Å². The van der Waals surface area contributed by atoms with Crippen LogP contribution in [0.4, 0.5) is 5.69 Å². The van der Waals surface area contributed by atoms with Crippen molar-refractivity contribution in [3.05, 3.63) is 52.2 Å². The summed E-state index contributed by atoms with van der Waals surface area (Å²) >= 11 is 1.79. The number of hydrogen-bond donors (Lipinski definition) is 2. The molecule has 0 aliphatic carbocycles. The highest BCUT2D eigenvalue weighted by Crippen LogP contribution is 2.24. The predicted molar refractivity (Wildman–Crippen MR) is 130 cm³/mol. The first kappa shape index (κ1) is 21.9. The van der Waals surface area contributed by atoms with Crippen LogP contribution in [0.5, 0.6) is 0 Å². The van der Waals surface area contributed by atoms with E-state index in [0.717, 1.165) is 39.0 Å². The Morgan fingerprint density at radius 1 is 1.24 bits per heavy atom. The zero-order valence-electron chi connectivity index (χ0n) is 16.6. The van der Waals surface area contributed by atoms with Crippen LogP contribution >= 0.6 is 35.3 Å². The van der Waals surface area contributed by atoms with Crippen molar-refractivity contribution in [1.29, 1.82) is 0 Å². The molecule has 0 radical (unpaired) electrons. The maximum Gasteiger partial charge on any atom is 0.242 e. The van der Waals surface area contributed by atoms with E-state index in [4.69, 9.17) is 0 Å². The minimum absolute atomic E-state index is 0. The van der Waals surface area contributed by atoms with E-state index in [2.05, 4.69) is 56.2 Å². The molecule has 4 rings (SSSR count). The van der Waals surface area contributed by atoms with Gasteiger partial charge >= 0.3 is 0 Å². The van der Waals surface area contributed by atoms with Crippen molar-refractivity contribution in [2.24, 2.45) is 4.99 Å². The van der Waals surface area contributed by atoms with Crippen LogP contribution in [0.15, 0.2) is 46.8 Å². The van der Waals surface area contributed by atoms with E-state index in [-0.39, 0.29) is 36.4 Å². The number of halogens is 1. The Labute approximate surface area is 193 Å². The molecule has 3 heterocycles. The van der Waals surface area contributed by atoms with Gasteiger partial charge in [-0.25, -0.2) is 0 Å². The molecule has 156 valence electrons. The number of fused-ring (bicyclic) bond motifs is 1. The molecule has 1 atom stereocenters. The number of carbonyl (C=O) groups is 1. The van der Waals surface area contributed by atoms with Crippen molar-refractivity contribution < 1.29 is 4.79 Å². The minimum Gasteiger partial charge on any atom is -0.369 e. The van der Waals surface area contributed by atoms with Crippen LogP contribution in [-0.4, -0.2) is 56.0 Å². The Morgan fingerprint density at radius 2 is 2.07 bits per heavy atom. The number of para-hydroxylation sites is 1. The van der Waals surface area contributed by atoms with Crippen LogP contribution in [-0.2, 0) is 17.8 Å². The smallest absolute Gasteiger partial charge is 0.242 e. The maximum atomic E-state index is 12.6. The van der Waals surface area contributed by atoms with Gasteiger partial charge in [-0.1, -0.05) is 18.2 Å². The number of carbonyl (C=O) groups excluding carboxylic acids is 1. The van der Waals surface area contributed by atoms with E-state index >= 15 is 0 Å². The lowest BCUT2D eigenvalue weighted by atomic mass is 10.1. The molecule has 1 saturated heterocycles. The van der Waals surface area contributed by atoms with Crippen LogP contribution < -0.4 is 15.5 Å². The number of rotatable bonds is 4. The Hall–Kier alpha value is -1.81. The molecule has 0 spiro atoms. The molecule has 29 heavy (non-hydrogen) atoms. The molecule has 2 aliphatic rings. The monoisotopic (exact) mass is 525 g/mol. The normalized spacial score (nSPS) is 18.8. The number of anilines is 1. The molecular weight excluding hydrogens is 497 g/mol. The van der Waals surface area contributed by atoms with Gasteiger partial charge in [0.2, 0.25) is 5.91 Å². The Balaban J connectivity index is 0.00000240. The fourth-order valence-corrected chi connectivity index (χ4v) is 4.76. The van der Waals surface area contributed by atoms with E-state index in [1.54, 1.807) is 18.4 Å². The fraction of sp³-hybridized carbons (Fsp3) is 0.429. The van der Waals surface area contributed by atoms with Gasteiger partial charge in [0.1, 0.15) is 0 Å². The summed E-state index contributed by atoms with van der Waals surface area (Å²) in [6.07, 6.45) is 2.01. The van der Waals surface area contributed by atoms with Gasteiger partial charge in [-0.3, -0.25) is 9.79 Å². The molecule has 1 fully saturated rings. The average Bonchev–Trinajstić information content (AvgIpc) is 3.40. The molecule has 2 N–H and O–H groups in total. The highest BCUT2D eigenvalue weighted by molar-refractivity contribution is 14.0. The molecule has 8 heteroatoms. The third-order valence-corrected chi connectivity index (χ3v) is 6.46. The van der Waals surface area contributed by atoms with E-state index in [9.17, 15) is 4.79 Å². The Kier molecular flexibility index (Phi) is 7.77. The van der Waals surface area contributed by atoms with Crippen molar-refractivity contribution in [3.8, 4) is 0 Å². The second-order valence-electron chi connectivity index (χ2n) is 7.27. The van der Waals surface area contributed by atoms with Crippen molar-refractivity contribution in [2.75, 3.05) is 38.1 Å². The fourth-order valence-electron chi connectivity index (χ4n) is 3.87. The minimum atomic E-state index is 0. The highest BCUT2D eigenvalue weighted by Gasteiger charge is 2.24. The first-order valence-corrected chi connectivity index (χ1v) is 10.7. The van der Waals surface area contributed by atoms with E-state index < -0.39 is 0 Å². The Bertz CT molecular complexity index is 841. The van der Waals surface area contributed by atoms with Crippen LogP contribution in [0, 0.1) is 0 Å². The maximum absolute atomic E-state index is 12.6. The summed E-state index contributed by atoms with van der Waals surface area (Å²) in [6, 6.07) is 12.9. The van der Waals surface area contributed by atoms with Crippen molar-refractivity contribution in [3.63, 3.8) is 0 Å². The van der Waals surface area contributed by atoms with Gasteiger partial charge in [-0.2, -0.15) is 0 Å². The molecule has 1 aromatic carbocycles. The van der Waals surface area contributed by atoms with Crippen LogP contribution in [0.25, 0.3) is 0 Å². The zero-order valence-corrected chi connectivity index (χ0v) is 19.8. The highest BCUT2D eigenvalue weighted by atomic mass is 127.